The molecule has 4 atom stereocenters. The van der Waals surface area contributed by atoms with E-state index in [1.165, 1.54) is 21.0 Å². The summed E-state index contributed by atoms with van der Waals surface area (Å²) in [6.45, 7) is 21.4. The predicted molar refractivity (Wildman–Crippen MR) is 251 cm³/mol. The number of cyclic esters (lactones) is 1. The number of esters is 1. The Hall–Kier alpha value is -5.92. The zero-order chi connectivity index (χ0) is 46.3. The summed E-state index contributed by atoms with van der Waals surface area (Å²) in [5, 5.41) is 16.8. The van der Waals surface area contributed by atoms with Crippen LogP contribution in [0, 0.1) is 17.3 Å². The zero-order valence-corrected chi connectivity index (χ0v) is 38.7. The summed E-state index contributed by atoms with van der Waals surface area (Å²) in [6, 6.07) is 15.3. The van der Waals surface area contributed by atoms with Crippen LogP contribution in [0.5, 0.6) is 5.75 Å². The SMILES string of the molecule is C=CC(=C)N1CC[C@H](C(=O)N(C)[C@H](C(=O)N[C@H]2Cc3cc(O)cc(c3)-c3ccc4c(c3)c(c(-c3cccc5c3COC5)n4CC)CC(C)(C)COC(=O)[C@@H]3CCCN(N3)C2=O)C(C)C)C1. The summed E-state index contributed by atoms with van der Waals surface area (Å²) >= 11 is 0. The molecular weight excluding hydrogens is 821 g/mol. The van der Waals surface area contributed by atoms with E-state index in [1.807, 2.05) is 24.8 Å². The highest BCUT2D eigenvalue weighted by Crippen LogP contribution is 2.43. The highest BCUT2D eigenvalue weighted by Gasteiger charge is 2.40. The smallest absolute Gasteiger partial charge is 0.324 e. The first kappa shape index (κ1) is 45.6. The van der Waals surface area contributed by atoms with Crippen LogP contribution in [-0.4, -0.2) is 99.6 Å². The van der Waals surface area contributed by atoms with Gasteiger partial charge in [-0.3, -0.25) is 24.2 Å². The fourth-order valence-electron chi connectivity index (χ4n) is 10.4. The van der Waals surface area contributed by atoms with Crippen LogP contribution in [0.1, 0.15) is 76.1 Å². The molecule has 1 aromatic heterocycles. The van der Waals surface area contributed by atoms with Crippen LogP contribution in [0.2, 0.25) is 0 Å². The maximum atomic E-state index is 14.7. The van der Waals surface area contributed by atoms with Gasteiger partial charge >= 0.3 is 5.97 Å². The van der Waals surface area contributed by atoms with E-state index in [0.717, 1.165) is 51.1 Å². The second-order valence-corrected chi connectivity index (χ2v) is 19.4. The van der Waals surface area contributed by atoms with Crippen molar-refractivity contribution in [2.45, 2.75) is 105 Å². The number of carbonyl (C=O) groups excluding carboxylic acids is 4. The van der Waals surface area contributed by atoms with Crippen molar-refractivity contribution in [1.82, 2.24) is 30.1 Å². The van der Waals surface area contributed by atoms with Crippen LogP contribution in [0.25, 0.3) is 33.3 Å². The summed E-state index contributed by atoms with van der Waals surface area (Å²) < 4.78 is 14.4. The Labute approximate surface area is 382 Å². The van der Waals surface area contributed by atoms with Crippen molar-refractivity contribution in [3.05, 3.63) is 102 Å². The first-order valence-corrected chi connectivity index (χ1v) is 23.1. The number of amides is 3. The number of aryl methyl sites for hydroxylation is 1. The molecular formula is C52H64N6O7. The Kier molecular flexibility index (Phi) is 13.0. The van der Waals surface area contributed by atoms with Gasteiger partial charge in [0.1, 0.15) is 23.9 Å². The largest absolute Gasteiger partial charge is 0.508 e. The number of nitrogens with zero attached hydrogens (tertiary/aromatic N) is 4. The van der Waals surface area contributed by atoms with Gasteiger partial charge in [0.15, 0.2) is 0 Å². The Bertz CT molecular complexity index is 2540. The molecule has 3 aromatic carbocycles. The van der Waals surface area contributed by atoms with E-state index in [2.05, 4.69) is 85.6 Å². The lowest BCUT2D eigenvalue weighted by molar-refractivity contribution is -0.155. The molecule has 65 heavy (non-hydrogen) atoms. The fraction of sp³-hybridized carbons (Fsp3) is 0.462. The summed E-state index contributed by atoms with van der Waals surface area (Å²) in [6.07, 6.45) is 3.93. The molecule has 2 saturated heterocycles. The number of likely N-dealkylation sites (N-methyl/N-ethyl adjacent to an activating group) is 1. The number of rotatable bonds is 9. The molecule has 0 radical (unpaired) electrons. The molecule has 0 spiro atoms. The second kappa shape index (κ2) is 18.5. The van der Waals surface area contributed by atoms with Gasteiger partial charge in [0.05, 0.1) is 31.4 Å². The van der Waals surface area contributed by atoms with Gasteiger partial charge in [0.2, 0.25) is 11.8 Å². The van der Waals surface area contributed by atoms with E-state index in [4.69, 9.17) is 9.47 Å². The Balaban J connectivity index is 1.19. The van der Waals surface area contributed by atoms with Gasteiger partial charge in [0, 0.05) is 67.2 Å². The van der Waals surface area contributed by atoms with E-state index in [-0.39, 0.29) is 36.5 Å². The molecule has 3 amide bonds. The van der Waals surface area contributed by atoms with Gasteiger partial charge in [-0.25, -0.2) is 5.43 Å². The second-order valence-electron chi connectivity index (χ2n) is 19.4. The molecule has 0 saturated carbocycles. The number of phenolic OH excluding ortho intramolecular Hbond substituents is 1. The average molecular weight is 885 g/mol. The minimum absolute atomic E-state index is 0.0200. The van der Waals surface area contributed by atoms with Gasteiger partial charge in [-0.2, -0.15) is 0 Å². The molecule has 5 heterocycles. The van der Waals surface area contributed by atoms with Crippen LogP contribution < -0.4 is 10.7 Å². The van der Waals surface area contributed by atoms with Gasteiger partial charge in [-0.05, 0) is 102 Å². The molecule has 4 aliphatic rings. The Morgan fingerprint density at radius 3 is 2.60 bits per heavy atom. The molecule has 6 bridgehead atoms. The van der Waals surface area contributed by atoms with E-state index in [0.29, 0.717) is 64.1 Å². The number of likely N-dealkylation sites (tertiary alicyclic amines) is 1. The Morgan fingerprint density at radius 1 is 1.05 bits per heavy atom. The van der Waals surface area contributed by atoms with Gasteiger partial charge in [0.25, 0.3) is 5.91 Å². The lowest BCUT2D eigenvalue weighted by atomic mass is 9.83. The first-order chi connectivity index (χ1) is 31.1. The van der Waals surface area contributed by atoms with Crippen LogP contribution in [0.3, 0.4) is 0 Å². The third-order valence-electron chi connectivity index (χ3n) is 13.7. The summed E-state index contributed by atoms with van der Waals surface area (Å²) in [5.74, 6) is -2.11. The summed E-state index contributed by atoms with van der Waals surface area (Å²) in [4.78, 5) is 60.7. The minimum Gasteiger partial charge on any atom is -0.508 e. The van der Waals surface area contributed by atoms with Crippen molar-refractivity contribution in [2.24, 2.45) is 17.3 Å². The quantitative estimate of drug-likeness (QED) is 0.121. The van der Waals surface area contributed by atoms with E-state index >= 15 is 0 Å². The fourth-order valence-corrected chi connectivity index (χ4v) is 10.4. The van der Waals surface area contributed by atoms with Crippen molar-refractivity contribution in [3.63, 3.8) is 0 Å². The molecule has 0 unspecified atom stereocenters. The molecule has 344 valence electrons. The summed E-state index contributed by atoms with van der Waals surface area (Å²) in [7, 11) is 1.65. The third kappa shape index (κ3) is 9.18. The predicted octanol–water partition coefficient (Wildman–Crippen LogP) is 6.88. The number of hydrazine groups is 1. The van der Waals surface area contributed by atoms with E-state index < -0.39 is 41.3 Å². The number of aromatic hydroxyl groups is 1. The summed E-state index contributed by atoms with van der Waals surface area (Å²) in [5.41, 5.74) is 12.5. The molecule has 13 nitrogen and oxygen atoms in total. The molecule has 4 aliphatic heterocycles. The maximum absolute atomic E-state index is 14.7. The number of phenols is 1. The van der Waals surface area contributed by atoms with Crippen LogP contribution in [0.4, 0.5) is 0 Å². The normalized spacial score (nSPS) is 21.4. The lowest BCUT2D eigenvalue weighted by Crippen LogP contribution is -2.62. The molecule has 8 rings (SSSR count). The Morgan fingerprint density at radius 2 is 1.85 bits per heavy atom. The maximum Gasteiger partial charge on any atom is 0.324 e. The van der Waals surface area contributed by atoms with Gasteiger partial charge in [-0.1, -0.05) is 71.2 Å². The van der Waals surface area contributed by atoms with Gasteiger partial charge < -0.3 is 34.3 Å². The third-order valence-corrected chi connectivity index (χ3v) is 13.7. The van der Waals surface area contributed by atoms with Crippen molar-refractivity contribution in [3.8, 4) is 28.1 Å². The molecule has 3 N–H and O–H groups in total. The lowest BCUT2D eigenvalue weighted by Gasteiger charge is -2.37. The molecule has 0 aliphatic carbocycles. The number of fused-ring (bicyclic) bond motifs is 7. The number of nitrogens with one attached hydrogen (secondary N) is 2. The van der Waals surface area contributed by atoms with Gasteiger partial charge in [-0.15, -0.1) is 0 Å². The van der Waals surface area contributed by atoms with Crippen LogP contribution in [-0.2, 0) is 61.3 Å². The number of allylic oxidation sites excluding steroid dienone is 1. The average Bonchev–Trinajstić information content (AvgIpc) is 4.05. The standard InChI is InChI=1S/C52H64N6O7/c1-9-32(5)56-20-18-35(27-56)49(61)55(8)46(31(3)4)48(60)53-44-23-33-21-37(24-38(59)22-33)34-16-17-45-40(25-34)41(47(57(45)10-2)39-14-11-13-36-28-64-29-42(36)39)26-52(6,7)30-65-51(63)43-15-12-19-58(54-43)50(44)62/h9,11,13-14,16-17,21-22,24-25,31,35,43-44,46,54,59H,1,5,10,12,15,18-20,23,26-30H2,2-4,6-8H3,(H,53,60)/t35-,43-,44-,46-/m0/s1. The number of ether oxygens (including phenoxy) is 2. The van der Waals surface area contributed by atoms with Crippen molar-refractivity contribution >= 4 is 34.6 Å². The van der Waals surface area contributed by atoms with E-state index in [9.17, 15) is 24.3 Å². The molecule has 4 aromatic rings. The van der Waals surface area contributed by atoms with Crippen LogP contribution in [0.15, 0.2) is 79.5 Å². The topological polar surface area (TPSA) is 146 Å². The van der Waals surface area contributed by atoms with E-state index in [1.54, 1.807) is 25.3 Å². The highest BCUT2D eigenvalue weighted by atomic mass is 16.5. The molecule has 13 heteroatoms. The first-order valence-electron chi connectivity index (χ1n) is 23.1. The minimum atomic E-state index is -1.12. The number of carbonyl (C=O) groups is 4. The number of hydrogen-bond acceptors (Lipinski definition) is 9. The molecule has 2 fully saturated rings. The monoisotopic (exact) mass is 884 g/mol. The number of hydrogen-bond donors (Lipinski definition) is 3. The highest BCUT2D eigenvalue weighted by molar-refractivity contribution is 5.96. The number of aromatic nitrogens is 1. The number of benzene rings is 3. The van der Waals surface area contributed by atoms with Crippen molar-refractivity contribution in [2.75, 3.05) is 33.3 Å². The van der Waals surface area contributed by atoms with Crippen molar-refractivity contribution < 1.29 is 33.8 Å². The van der Waals surface area contributed by atoms with Crippen molar-refractivity contribution in [1.29, 1.82) is 0 Å². The van der Waals surface area contributed by atoms with Crippen LogP contribution >= 0.6 is 0 Å². The zero-order valence-electron chi connectivity index (χ0n) is 38.7.